The van der Waals surface area contributed by atoms with Crippen LogP contribution in [-0.2, 0) is 6.54 Å². The quantitative estimate of drug-likeness (QED) is 0.670. The van der Waals surface area contributed by atoms with E-state index in [2.05, 4.69) is 10.1 Å². The molecule has 0 radical (unpaired) electrons. The van der Waals surface area contributed by atoms with E-state index in [1.165, 1.54) is 0 Å². The van der Waals surface area contributed by atoms with Crippen molar-refractivity contribution in [2.24, 2.45) is 11.7 Å². The lowest BCUT2D eigenvalue weighted by Crippen LogP contribution is -2.31. The van der Waals surface area contributed by atoms with Gasteiger partial charge in [0.1, 0.15) is 17.2 Å². The molecular weight excluding hydrogens is 269 g/mol. The molecule has 0 aromatic carbocycles. The van der Waals surface area contributed by atoms with E-state index in [1.807, 2.05) is 18.2 Å². The van der Waals surface area contributed by atoms with Gasteiger partial charge in [0.15, 0.2) is 5.65 Å². The average Bonchev–Trinajstić information content (AvgIpc) is 2.80. The third-order valence-electron chi connectivity index (χ3n) is 3.73. The van der Waals surface area contributed by atoms with Gasteiger partial charge in [0.05, 0.1) is 11.9 Å². The van der Waals surface area contributed by atoms with Gasteiger partial charge in [0.25, 0.3) is 0 Å². The smallest absolute Gasteiger partial charge is 0.158 e. The van der Waals surface area contributed by atoms with E-state index in [-0.39, 0.29) is 11.8 Å². The Balaban J connectivity index is 2.04. The molecule has 1 aliphatic carbocycles. The van der Waals surface area contributed by atoms with Gasteiger partial charge in [-0.1, -0.05) is 18.2 Å². The number of nitrogens with zero attached hydrogens (tertiary/aromatic N) is 3. The van der Waals surface area contributed by atoms with Gasteiger partial charge in [-0.15, -0.1) is 0 Å². The summed E-state index contributed by atoms with van der Waals surface area (Å²) < 4.78 is 16.1. The Hall–Kier alpha value is -2.50. The Bertz CT molecular complexity index is 757. The highest BCUT2D eigenvalue weighted by Crippen LogP contribution is 2.30. The molecule has 5 nitrogen and oxygen atoms in total. The molecule has 0 amide bonds. The third-order valence-corrected chi connectivity index (χ3v) is 3.73. The zero-order valence-corrected chi connectivity index (χ0v) is 11.6. The van der Waals surface area contributed by atoms with Crippen molar-refractivity contribution in [3.63, 3.8) is 0 Å². The lowest BCUT2D eigenvalue weighted by molar-refractivity contribution is 0.171. The molecule has 0 saturated heterocycles. The first-order chi connectivity index (χ1) is 9.99. The highest BCUT2D eigenvalue weighted by atomic mass is 19.1. The number of alkyl halides is 1. The van der Waals surface area contributed by atoms with E-state index in [4.69, 9.17) is 11.1 Å². The van der Waals surface area contributed by atoms with Gasteiger partial charge in [-0.2, -0.15) is 5.10 Å². The number of halogens is 1. The van der Waals surface area contributed by atoms with Crippen LogP contribution in [0.25, 0.3) is 11.0 Å². The molecule has 6 heteroatoms. The van der Waals surface area contributed by atoms with Crippen molar-refractivity contribution in [3.05, 3.63) is 48.3 Å². The van der Waals surface area contributed by atoms with E-state index < -0.39 is 5.67 Å². The molecule has 2 aromatic heterocycles. The molecule has 2 atom stereocenters. The van der Waals surface area contributed by atoms with Crippen molar-refractivity contribution in [1.82, 2.24) is 14.8 Å². The van der Waals surface area contributed by atoms with Crippen LogP contribution < -0.4 is 5.73 Å². The molecule has 108 valence electrons. The largest absolute Gasteiger partial charge is 0.382 e. The maximum atomic E-state index is 14.5. The molecule has 0 spiro atoms. The number of nitrogens with one attached hydrogen (secondary N) is 1. The molecule has 0 fully saturated rings. The minimum Gasteiger partial charge on any atom is -0.382 e. The molecule has 2 heterocycles. The number of nitrogens with two attached hydrogens (primary N) is 1. The van der Waals surface area contributed by atoms with Gasteiger partial charge >= 0.3 is 0 Å². The minimum absolute atomic E-state index is 0.117. The first-order valence-electron chi connectivity index (χ1n) is 6.70. The predicted molar refractivity (Wildman–Crippen MR) is 79.8 cm³/mol. The highest BCUT2D eigenvalue weighted by molar-refractivity contribution is 6.04. The summed E-state index contributed by atoms with van der Waals surface area (Å²) in [6, 6.07) is 3.58. The minimum atomic E-state index is -1.43. The fraction of sp³-hybridized carbons (Fsp3) is 0.267. The summed E-state index contributed by atoms with van der Waals surface area (Å²) in [6.45, 7) is 1.89. The zero-order chi connectivity index (χ0) is 15.0. The van der Waals surface area contributed by atoms with Crippen LogP contribution in [0.1, 0.15) is 12.6 Å². The Kier molecular flexibility index (Phi) is 3.08. The van der Waals surface area contributed by atoms with Crippen LogP contribution >= 0.6 is 0 Å². The maximum absolute atomic E-state index is 14.5. The SMILES string of the molecule is CC1(F)C=CC=CC1Cn1nc(C(=N)N)c2cccnc21. The Morgan fingerprint density at radius 2 is 2.33 bits per heavy atom. The van der Waals surface area contributed by atoms with Crippen LogP contribution in [0.4, 0.5) is 4.39 Å². The van der Waals surface area contributed by atoms with E-state index in [0.29, 0.717) is 23.3 Å². The van der Waals surface area contributed by atoms with Gasteiger partial charge in [0.2, 0.25) is 0 Å². The molecule has 0 aliphatic heterocycles. The van der Waals surface area contributed by atoms with Crippen LogP contribution in [-0.4, -0.2) is 26.3 Å². The highest BCUT2D eigenvalue weighted by Gasteiger charge is 2.32. The number of aromatic nitrogens is 3. The number of nitrogen functional groups attached to an aromatic ring is 1. The van der Waals surface area contributed by atoms with Crippen molar-refractivity contribution in [2.45, 2.75) is 19.1 Å². The number of fused-ring (bicyclic) bond motifs is 1. The summed E-state index contributed by atoms with van der Waals surface area (Å²) in [5.41, 5.74) is 5.12. The van der Waals surface area contributed by atoms with Crippen molar-refractivity contribution in [2.75, 3.05) is 0 Å². The summed E-state index contributed by atoms with van der Waals surface area (Å²) in [7, 11) is 0. The van der Waals surface area contributed by atoms with E-state index in [9.17, 15) is 4.39 Å². The van der Waals surface area contributed by atoms with Gasteiger partial charge < -0.3 is 5.73 Å². The lowest BCUT2D eigenvalue weighted by atomic mass is 9.87. The van der Waals surface area contributed by atoms with Crippen molar-refractivity contribution >= 4 is 16.9 Å². The summed E-state index contributed by atoms with van der Waals surface area (Å²) in [6.07, 6.45) is 8.55. The normalized spacial score (nSPS) is 24.6. The van der Waals surface area contributed by atoms with Crippen LogP contribution in [0.3, 0.4) is 0 Å². The van der Waals surface area contributed by atoms with E-state index in [1.54, 1.807) is 36.0 Å². The van der Waals surface area contributed by atoms with Gasteiger partial charge in [-0.05, 0) is 25.1 Å². The summed E-state index contributed by atoms with van der Waals surface area (Å²) in [5.74, 6) is -0.457. The molecule has 1 aliphatic rings. The van der Waals surface area contributed by atoms with Gasteiger partial charge in [0, 0.05) is 12.1 Å². The van der Waals surface area contributed by atoms with Crippen molar-refractivity contribution in [1.29, 1.82) is 5.41 Å². The van der Waals surface area contributed by atoms with Crippen LogP contribution in [0.15, 0.2) is 42.6 Å². The number of hydrogen-bond acceptors (Lipinski definition) is 3. The lowest BCUT2D eigenvalue weighted by Gasteiger charge is -2.27. The number of pyridine rings is 1. The third kappa shape index (κ3) is 2.33. The standard InChI is InChI=1S/C15H16FN5/c1-15(16)7-3-2-5-10(15)9-21-14-11(6-4-8-19-14)12(20-21)13(17)18/h2-8,10H,9H2,1H3,(H3,17,18). The molecule has 2 aromatic rings. The van der Waals surface area contributed by atoms with Gasteiger partial charge in [-0.25, -0.2) is 14.1 Å². The zero-order valence-electron chi connectivity index (χ0n) is 11.6. The fourth-order valence-electron chi connectivity index (χ4n) is 2.52. The summed E-state index contributed by atoms with van der Waals surface area (Å²) in [5, 5.41) is 12.6. The number of hydrogen-bond donors (Lipinski definition) is 2. The topological polar surface area (TPSA) is 80.6 Å². The second kappa shape index (κ2) is 4.80. The van der Waals surface area contributed by atoms with Crippen LogP contribution in [0.2, 0.25) is 0 Å². The maximum Gasteiger partial charge on any atom is 0.158 e. The number of rotatable bonds is 3. The molecule has 3 N–H and O–H groups in total. The molecule has 3 rings (SSSR count). The predicted octanol–water partition coefficient (Wildman–Crippen LogP) is 2.19. The molecule has 21 heavy (non-hydrogen) atoms. The van der Waals surface area contributed by atoms with Gasteiger partial charge in [-0.3, -0.25) is 5.41 Å². The average molecular weight is 285 g/mol. The summed E-state index contributed by atoms with van der Waals surface area (Å²) >= 11 is 0. The summed E-state index contributed by atoms with van der Waals surface area (Å²) in [4.78, 5) is 4.28. The Morgan fingerprint density at radius 1 is 1.52 bits per heavy atom. The van der Waals surface area contributed by atoms with Crippen molar-refractivity contribution < 1.29 is 4.39 Å². The van der Waals surface area contributed by atoms with Crippen molar-refractivity contribution in [3.8, 4) is 0 Å². The second-order valence-corrected chi connectivity index (χ2v) is 5.32. The molecule has 0 saturated carbocycles. The monoisotopic (exact) mass is 285 g/mol. The van der Waals surface area contributed by atoms with E-state index >= 15 is 0 Å². The fourth-order valence-corrected chi connectivity index (χ4v) is 2.52. The Labute approximate surface area is 121 Å². The number of allylic oxidation sites excluding steroid dienone is 4. The number of amidine groups is 1. The molecule has 2 unspecified atom stereocenters. The van der Waals surface area contributed by atoms with Crippen LogP contribution in [0.5, 0.6) is 0 Å². The Morgan fingerprint density at radius 3 is 3.05 bits per heavy atom. The molecular formula is C15H16FN5. The first-order valence-corrected chi connectivity index (χ1v) is 6.70. The molecule has 0 bridgehead atoms. The first kappa shape index (κ1) is 13.5. The van der Waals surface area contributed by atoms with E-state index in [0.717, 1.165) is 0 Å². The second-order valence-electron chi connectivity index (χ2n) is 5.32. The van der Waals surface area contributed by atoms with Crippen LogP contribution in [0, 0.1) is 11.3 Å².